The fourth-order valence-electron chi connectivity index (χ4n) is 2.68. The summed E-state index contributed by atoms with van der Waals surface area (Å²) in [6.07, 6.45) is 1.02. The molecule has 3 rings (SSSR count). The number of hydrogen-bond donors (Lipinski definition) is 1. The molecular formula is C15H17BrN2O2S2. The number of hydrogen-bond acceptors (Lipinski definition) is 4. The van der Waals surface area contributed by atoms with E-state index in [4.69, 9.17) is 0 Å². The lowest BCUT2D eigenvalue weighted by Gasteiger charge is -2.27. The van der Waals surface area contributed by atoms with E-state index in [1.165, 1.54) is 22.6 Å². The second-order valence-electron chi connectivity index (χ2n) is 5.33. The topological polar surface area (TPSA) is 49.4 Å². The van der Waals surface area contributed by atoms with Crippen LogP contribution in [-0.4, -0.2) is 27.5 Å². The zero-order valence-electron chi connectivity index (χ0n) is 12.1. The first-order valence-corrected chi connectivity index (χ1v) is 10.2. The Balaban J connectivity index is 1.67. The van der Waals surface area contributed by atoms with Crippen molar-refractivity contribution in [3.05, 3.63) is 45.7 Å². The predicted molar refractivity (Wildman–Crippen MR) is 94.2 cm³/mol. The maximum atomic E-state index is 12.3. The summed E-state index contributed by atoms with van der Waals surface area (Å²) in [6, 6.07) is 11.8. The third-order valence-corrected chi connectivity index (χ3v) is 7.38. The number of fused-ring (bicyclic) bond motifs is 1. The summed E-state index contributed by atoms with van der Waals surface area (Å²) in [5.74, 6) is 0. The third kappa shape index (κ3) is 3.22. The van der Waals surface area contributed by atoms with Crippen molar-refractivity contribution in [3.8, 4) is 0 Å². The number of halogens is 1. The van der Waals surface area contributed by atoms with Crippen molar-refractivity contribution in [1.29, 1.82) is 0 Å². The van der Waals surface area contributed by atoms with Gasteiger partial charge in [0.15, 0.2) is 0 Å². The number of nitrogens with zero attached hydrogens (tertiary/aromatic N) is 1. The lowest BCUT2D eigenvalue weighted by atomic mass is 10.2. The van der Waals surface area contributed by atoms with Crippen molar-refractivity contribution < 1.29 is 8.42 Å². The predicted octanol–water partition coefficient (Wildman–Crippen LogP) is 3.24. The molecule has 2 heterocycles. The lowest BCUT2D eigenvalue weighted by molar-refractivity contribution is 0.568. The van der Waals surface area contributed by atoms with Crippen LogP contribution in [0.1, 0.15) is 12.5 Å². The highest BCUT2D eigenvalue weighted by Crippen LogP contribution is 2.29. The Kier molecular flexibility index (Phi) is 4.59. The van der Waals surface area contributed by atoms with Crippen LogP contribution in [-0.2, 0) is 16.4 Å². The van der Waals surface area contributed by atoms with Crippen LogP contribution in [0.3, 0.4) is 0 Å². The summed E-state index contributed by atoms with van der Waals surface area (Å²) in [5, 5.41) is 0. The van der Waals surface area contributed by atoms with Crippen LogP contribution in [0.25, 0.3) is 0 Å². The Bertz CT molecular complexity index is 773. The standard InChI is InChI=1S/C15H17BrN2O2S2/c1-11(18-9-8-12-4-2-3-5-13(12)18)10-17-22(19,20)15-7-6-14(16)21-15/h2-7,11,17H,8-10H2,1H3. The monoisotopic (exact) mass is 400 g/mol. The molecule has 22 heavy (non-hydrogen) atoms. The second-order valence-corrected chi connectivity index (χ2v) is 9.79. The second kappa shape index (κ2) is 6.31. The molecule has 0 saturated heterocycles. The Labute approximate surface area is 143 Å². The maximum absolute atomic E-state index is 12.3. The van der Waals surface area contributed by atoms with Crippen LogP contribution < -0.4 is 9.62 Å². The molecule has 1 aliphatic heterocycles. The van der Waals surface area contributed by atoms with E-state index >= 15 is 0 Å². The number of nitrogens with one attached hydrogen (secondary N) is 1. The molecule has 0 aliphatic carbocycles. The molecule has 2 aromatic rings. The van der Waals surface area contributed by atoms with E-state index in [-0.39, 0.29) is 6.04 Å². The third-order valence-electron chi connectivity index (χ3n) is 3.84. The van der Waals surface area contributed by atoms with E-state index in [0.717, 1.165) is 16.8 Å². The molecule has 7 heteroatoms. The molecule has 1 aromatic heterocycles. The molecule has 1 aliphatic rings. The van der Waals surface area contributed by atoms with E-state index in [9.17, 15) is 8.42 Å². The van der Waals surface area contributed by atoms with Crippen molar-refractivity contribution >= 4 is 43.0 Å². The molecular weight excluding hydrogens is 384 g/mol. The first kappa shape index (κ1) is 16.0. The summed E-state index contributed by atoms with van der Waals surface area (Å²) in [5.41, 5.74) is 2.55. The van der Waals surface area contributed by atoms with E-state index in [1.807, 2.05) is 12.1 Å². The van der Waals surface area contributed by atoms with Crippen molar-refractivity contribution in [1.82, 2.24) is 4.72 Å². The van der Waals surface area contributed by atoms with E-state index in [0.29, 0.717) is 10.8 Å². The highest BCUT2D eigenvalue weighted by molar-refractivity contribution is 9.11. The molecule has 0 amide bonds. The van der Waals surface area contributed by atoms with Gasteiger partial charge in [-0.2, -0.15) is 0 Å². The summed E-state index contributed by atoms with van der Waals surface area (Å²) >= 11 is 4.51. The van der Waals surface area contributed by atoms with E-state index < -0.39 is 10.0 Å². The summed E-state index contributed by atoms with van der Waals surface area (Å²) in [4.78, 5) is 2.27. The van der Waals surface area contributed by atoms with Crippen molar-refractivity contribution in [2.24, 2.45) is 0 Å². The van der Waals surface area contributed by atoms with Crippen LogP contribution >= 0.6 is 27.3 Å². The number of anilines is 1. The molecule has 0 bridgehead atoms. The van der Waals surface area contributed by atoms with Gasteiger partial charge in [0, 0.05) is 24.8 Å². The molecule has 0 spiro atoms. The maximum Gasteiger partial charge on any atom is 0.250 e. The van der Waals surface area contributed by atoms with Gasteiger partial charge in [-0.1, -0.05) is 18.2 Å². The largest absolute Gasteiger partial charge is 0.367 e. The van der Waals surface area contributed by atoms with Gasteiger partial charge >= 0.3 is 0 Å². The molecule has 0 saturated carbocycles. The Morgan fingerprint density at radius 2 is 2.09 bits per heavy atom. The van der Waals surface area contributed by atoms with Crippen LogP contribution in [0.2, 0.25) is 0 Å². The Hall–Kier alpha value is -0.890. The molecule has 0 fully saturated rings. The van der Waals surface area contributed by atoms with Gasteiger partial charge in [0.2, 0.25) is 10.0 Å². The minimum Gasteiger partial charge on any atom is -0.367 e. The van der Waals surface area contributed by atoms with Crippen LogP contribution in [0.4, 0.5) is 5.69 Å². The lowest BCUT2D eigenvalue weighted by Crippen LogP contribution is -2.41. The minimum absolute atomic E-state index is 0.113. The normalized spacial score (nSPS) is 15.8. The molecule has 1 aromatic carbocycles. The number of rotatable bonds is 5. The first-order chi connectivity index (χ1) is 10.5. The van der Waals surface area contributed by atoms with Gasteiger partial charge < -0.3 is 4.90 Å². The molecule has 0 radical (unpaired) electrons. The van der Waals surface area contributed by atoms with Crippen LogP contribution in [0, 0.1) is 0 Å². The van der Waals surface area contributed by atoms with Crippen LogP contribution in [0.5, 0.6) is 0 Å². The summed E-state index contributed by atoms with van der Waals surface area (Å²) in [6.45, 7) is 3.38. The van der Waals surface area contributed by atoms with Gasteiger partial charge in [0.05, 0.1) is 3.79 Å². The fourth-order valence-corrected chi connectivity index (χ4v) is 5.85. The SMILES string of the molecule is CC(CNS(=O)(=O)c1ccc(Br)s1)N1CCc2ccccc21. The Morgan fingerprint density at radius 3 is 2.82 bits per heavy atom. The number of para-hydroxylation sites is 1. The van der Waals surface area contributed by atoms with Gasteiger partial charge in [-0.3, -0.25) is 0 Å². The highest BCUT2D eigenvalue weighted by atomic mass is 79.9. The van der Waals surface area contributed by atoms with Gasteiger partial charge in [-0.15, -0.1) is 11.3 Å². The zero-order chi connectivity index (χ0) is 15.7. The Morgan fingerprint density at radius 1 is 1.32 bits per heavy atom. The molecule has 1 atom stereocenters. The van der Waals surface area contributed by atoms with E-state index in [2.05, 4.69) is 44.6 Å². The molecule has 118 valence electrons. The highest BCUT2D eigenvalue weighted by Gasteiger charge is 2.24. The fraction of sp³-hybridized carbons (Fsp3) is 0.333. The van der Waals surface area contributed by atoms with Gasteiger partial charge in [-0.25, -0.2) is 13.1 Å². The molecule has 1 unspecified atom stereocenters. The average Bonchev–Trinajstić information content (AvgIpc) is 3.11. The molecule has 1 N–H and O–H groups in total. The number of benzene rings is 1. The van der Waals surface area contributed by atoms with Crippen LogP contribution in [0.15, 0.2) is 44.4 Å². The van der Waals surface area contributed by atoms with Gasteiger partial charge in [0.1, 0.15) is 4.21 Å². The van der Waals surface area contributed by atoms with E-state index in [1.54, 1.807) is 12.1 Å². The van der Waals surface area contributed by atoms with Crippen molar-refractivity contribution in [2.75, 3.05) is 18.0 Å². The zero-order valence-corrected chi connectivity index (χ0v) is 15.3. The van der Waals surface area contributed by atoms with Gasteiger partial charge in [-0.05, 0) is 53.0 Å². The van der Waals surface area contributed by atoms with Gasteiger partial charge in [0.25, 0.3) is 0 Å². The first-order valence-electron chi connectivity index (χ1n) is 7.07. The quantitative estimate of drug-likeness (QED) is 0.837. The number of sulfonamides is 1. The number of thiophene rings is 1. The minimum atomic E-state index is -3.43. The van der Waals surface area contributed by atoms with Crippen molar-refractivity contribution in [3.63, 3.8) is 0 Å². The average molecular weight is 401 g/mol. The van der Waals surface area contributed by atoms with Crippen molar-refractivity contribution in [2.45, 2.75) is 23.6 Å². The smallest absolute Gasteiger partial charge is 0.250 e. The summed E-state index contributed by atoms with van der Waals surface area (Å²) in [7, 11) is -3.43. The molecule has 4 nitrogen and oxygen atoms in total. The summed E-state index contributed by atoms with van der Waals surface area (Å²) < 4.78 is 28.4.